The van der Waals surface area contributed by atoms with Crippen LogP contribution in [-0.2, 0) is 0 Å². The molecule has 3 rings (SSSR count). The van der Waals surface area contributed by atoms with Gasteiger partial charge in [0.25, 0.3) is 0 Å². The molecule has 0 N–H and O–H groups in total. The van der Waals surface area contributed by atoms with E-state index < -0.39 is 0 Å². The third kappa shape index (κ3) is 4.55. The summed E-state index contributed by atoms with van der Waals surface area (Å²) in [6.07, 6.45) is 13.6. The molecule has 0 spiro atoms. The molecule has 0 aliphatic heterocycles. The number of rotatable bonds is 6. The number of benzene rings is 2. The van der Waals surface area contributed by atoms with Gasteiger partial charge in [0, 0.05) is 0 Å². The normalized spacial score (nSPS) is 24.1. The van der Waals surface area contributed by atoms with Crippen LogP contribution in [0.4, 0.5) is 0 Å². The molecule has 4 unspecified atom stereocenters. The van der Waals surface area contributed by atoms with E-state index in [1.165, 1.54) is 30.4 Å². The molecule has 2 aromatic rings. The summed E-state index contributed by atoms with van der Waals surface area (Å²) in [4.78, 5) is 0. The van der Waals surface area contributed by atoms with E-state index in [4.69, 9.17) is 0 Å². The molecule has 4 atom stereocenters. The Kier molecular flexibility index (Phi) is 6.14. The maximum Gasteiger partial charge on any atom is -0.00547 e. The quantitative estimate of drug-likeness (QED) is 0.509. The predicted octanol–water partition coefficient (Wildman–Crippen LogP) is 7.49. The lowest BCUT2D eigenvalue weighted by Crippen LogP contribution is -2.30. The monoisotopic (exact) mass is 344 g/mol. The van der Waals surface area contributed by atoms with Crippen molar-refractivity contribution in [2.75, 3.05) is 0 Å². The van der Waals surface area contributed by atoms with Crippen molar-refractivity contribution >= 4 is 12.2 Å². The van der Waals surface area contributed by atoms with Gasteiger partial charge in [-0.25, -0.2) is 0 Å². The molecule has 136 valence electrons. The maximum atomic E-state index is 2.49. The van der Waals surface area contributed by atoms with Crippen LogP contribution < -0.4 is 0 Å². The zero-order chi connectivity index (χ0) is 18.4. The van der Waals surface area contributed by atoms with Gasteiger partial charge in [-0.05, 0) is 47.1 Å². The van der Waals surface area contributed by atoms with Crippen LogP contribution in [0.25, 0.3) is 12.2 Å². The van der Waals surface area contributed by atoms with Gasteiger partial charge in [0.1, 0.15) is 0 Å². The Balaban J connectivity index is 1.84. The highest BCUT2D eigenvalue weighted by Crippen LogP contribution is 2.48. The van der Waals surface area contributed by atoms with Gasteiger partial charge in [-0.2, -0.15) is 0 Å². The second kappa shape index (κ2) is 8.54. The second-order valence-electron chi connectivity index (χ2n) is 8.28. The minimum absolute atomic E-state index is 0.186. The van der Waals surface area contributed by atoms with E-state index in [0.717, 1.165) is 11.8 Å². The zero-order valence-corrected chi connectivity index (χ0v) is 16.4. The van der Waals surface area contributed by atoms with Crippen molar-refractivity contribution in [1.29, 1.82) is 0 Å². The molecule has 1 aliphatic carbocycles. The highest BCUT2D eigenvalue weighted by molar-refractivity contribution is 5.52. The van der Waals surface area contributed by atoms with Gasteiger partial charge >= 0.3 is 0 Å². The summed E-state index contributed by atoms with van der Waals surface area (Å²) in [7, 11) is 0. The fraction of sp³-hybridized carbons (Fsp3) is 0.385. The van der Waals surface area contributed by atoms with Crippen molar-refractivity contribution in [3.63, 3.8) is 0 Å². The molecular formula is C26H32. The molecule has 0 bridgehead atoms. The summed E-state index contributed by atoms with van der Waals surface area (Å²) >= 11 is 0. The molecule has 0 amide bonds. The Labute approximate surface area is 159 Å². The third-order valence-electron chi connectivity index (χ3n) is 6.37. The average molecular weight is 345 g/mol. The Bertz CT molecular complexity index is 725. The highest BCUT2D eigenvalue weighted by Gasteiger charge is 2.39. The fourth-order valence-electron chi connectivity index (χ4n) is 4.30. The van der Waals surface area contributed by atoms with Gasteiger partial charge < -0.3 is 0 Å². The smallest absolute Gasteiger partial charge is 0.00547 e. The van der Waals surface area contributed by atoms with E-state index in [2.05, 4.69) is 106 Å². The molecule has 0 radical (unpaired) electrons. The van der Waals surface area contributed by atoms with Crippen LogP contribution in [0.1, 0.15) is 51.2 Å². The number of allylic oxidation sites excluding steroid dienone is 2. The van der Waals surface area contributed by atoms with Crippen molar-refractivity contribution in [3.05, 3.63) is 83.9 Å². The molecular weight excluding hydrogens is 312 g/mol. The van der Waals surface area contributed by atoms with E-state index in [-0.39, 0.29) is 5.41 Å². The Morgan fingerprint density at radius 1 is 0.885 bits per heavy atom. The fourth-order valence-corrected chi connectivity index (χ4v) is 4.30. The molecule has 0 heteroatoms. The molecule has 0 heterocycles. The molecule has 1 aliphatic rings. The van der Waals surface area contributed by atoms with Gasteiger partial charge in [0.2, 0.25) is 0 Å². The van der Waals surface area contributed by atoms with E-state index in [1.807, 2.05) is 0 Å². The van der Waals surface area contributed by atoms with Gasteiger partial charge in [-0.1, -0.05) is 112 Å². The number of hydrogen-bond acceptors (Lipinski definition) is 0. The first kappa shape index (κ1) is 18.7. The topological polar surface area (TPSA) is 0 Å². The van der Waals surface area contributed by atoms with E-state index in [9.17, 15) is 0 Å². The lowest BCUT2D eigenvalue weighted by molar-refractivity contribution is 0.197. The zero-order valence-electron chi connectivity index (χ0n) is 16.4. The SMILES string of the molecule is CC1CCC(C(C)(C=Cc2ccccc2)C(C)C=Cc2ccccc2)C1. The van der Waals surface area contributed by atoms with Crippen LogP contribution in [-0.4, -0.2) is 0 Å². The first-order chi connectivity index (χ1) is 12.6. The Hall–Kier alpha value is -2.08. The highest BCUT2D eigenvalue weighted by atomic mass is 14.4. The summed E-state index contributed by atoms with van der Waals surface area (Å²) in [6.45, 7) is 7.26. The van der Waals surface area contributed by atoms with E-state index in [1.54, 1.807) is 0 Å². The molecule has 0 nitrogen and oxygen atoms in total. The third-order valence-corrected chi connectivity index (χ3v) is 6.37. The predicted molar refractivity (Wildman–Crippen MR) is 115 cm³/mol. The Morgan fingerprint density at radius 3 is 2.00 bits per heavy atom. The Morgan fingerprint density at radius 2 is 1.46 bits per heavy atom. The minimum Gasteiger partial charge on any atom is -0.0802 e. The molecule has 0 aromatic heterocycles. The standard InChI is InChI=1S/C26H32/c1-21-14-17-25(20-21)26(3,19-18-24-12-8-5-9-13-24)22(2)15-16-23-10-6-4-7-11-23/h4-13,15-16,18-19,21-22,25H,14,17,20H2,1-3H3. The van der Waals surface area contributed by atoms with Crippen LogP contribution in [0.5, 0.6) is 0 Å². The van der Waals surface area contributed by atoms with Crippen molar-refractivity contribution in [2.45, 2.75) is 40.0 Å². The van der Waals surface area contributed by atoms with E-state index >= 15 is 0 Å². The summed E-state index contributed by atoms with van der Waals surface area (Å²) in [5, 5.41) is 0. The molecule has 1 fully saturated rings. The van der Waals surface area contributed by atoms with Crippen LogP contribution in [0.3, 0.4) is 0 Å². The summed E-state index contributed by atoms with van der Waals surface area (Å²) in [5.41, 5.74) is 2.77. The second-order valence-corrected chi connectivity index (χ2v) is 8.28. The van der Waals surface area contributed by atoms with Crippen LogP contribution >= 0.6 is 0 Å². The van der Waals surface area contributed by atoms with Gasteiger partial charge in [0.05, 0.1) is 0 Å². The van der Waals surface area contributed by atoms with Crippen LogP contribution in [0.15, 0.2) is 72.8 Å². The number of hydrogen-bond donors (Lipinski definition) is 0. The summed E-state index contributed by atoms with van der Waals surface area (Å²) < 4.78 is 0. The lowest BCUT2D eigenvalue weighted by atomic mass is 9.67. The van der Waals surface area contributed by atoms with Crippen molar-refractivity contribution in [2.24, 2.45) is 23.2 Å². The minimum atomic E-state index is 0.186. The summed E-state index contributed by atoms with van der Waals surface area (Å²) in [6, 6.07) is 21.4. The largest absolute Gasteiger partial charge is 0.0802 e. The first-order valence-corrected chi connectivity index (χ1v) is 10.1. The molecule has 26 heavy (non-hydrogen) atoms. The van der Waals surface area contributed by atoms with Gasteiger partial charge in [-0.15, -0.1) is 0 Å². The van der Waals surface area contributed by atoms with Crippen molar-refractivity contribution in [3.8, 4) is 0 Å². The molecule has 0 saturated heterocycles. The first-order valence-electron chi connectivity index (χ1n) is 10.1. The average Bonchev–Trinajstić information content (AvgIpc) is 3.13. The lowest BCUT2D eigenvalue weighted by Gasteiger charge is -2.38. The van der Waals surface area contributed by atoms with Gasteiger partial charge in [0.15, 0.2) is 0 Å². The molecule has 2 aromatic carbocycles. The van der Waals surface area contributed by atoms with Crippen molar-refractivity contribution < 1.29 is 0 Å². The van der Waals surface area contributed by atoms with E-state index in [0.29, 0.717) is 5.92 Å². The van der Waals surface area contributed by atoms with Crippen LogP contribution in [0.2, 0.25) is 0 Å². The van der Waals surface area contributed by atoms with Gasteiger partial charge in [-0.3, -0.25) is 0 Å². The van der Waals surface area contributed by atoms with Crippen molar-refractivity contribution in [1.82, 2.24) is 0 Å². The molecule has 1 saturated carbocycles. The van der Waals surface area contributed by atoms with Crippen LogP contribution in [0, 0.1) is 23.2 Å². The maximum absolute atomic E-state index is 2.49. The summed E-state index contributed by atoms with van der Waals surface area (Å²) in [5.74, 6) is 2.11.